The molecule has 6 rings (SSSR count). The minimum absolute atomic E-state index is 0.0145. The van der Waals surface area contributed by atoms with Gasteiger partial charge in [-0.05, 0) is 41.5 Å². The summed E-state index contributed by atoms with van der Waals surface area (Å²) < 4.78 is 14.9. The molecular formula is C31H29FN6O4. The SMILES string of the molecule is O=C1CCN(c2cccc(CN3CCN(C(=O)c4cc(Cc5n[nH]c(=O)c6ccccc56)ccc4F)CC3)c2)C(=O)N1. The first kappa shape index (κ1) is 27.3. The second kappa shape index (κ2) is 11.5. The number of nitrogens with one attached hydrogen (secondary N) is 2. The highest BCUT2D eigenvalue weighted by Crippen LogP contribution is 2.22. The van der Waals surface area contributed by atoms with Gasteiger partial charge < -0.3 is 4.90 Å². The first-order valence-electron chi connectivity index (χ1n) is 13.8. The topological polar surface area (TPSA) is 119 Å². The van der Waals surface area contributed by atoms with Crippen LogP contribution in [0, 0.1) is 5.82 Å². The number of rotatable bonds is 6. The Hall–Kier alpha value is -4.90. The Morgan fingerprint density at radius 3 is 2.43 bits per heavy atom. The molecule has 11 heteroatoms. The number of imide groups is 1. The molecule has 3 aromatic carbocycles. The summed E-state index contributed by atoms with van der Waals surface area (Å²) in [6.07, 6.45) is 0.594. The average molecular weight is 569 g/mol. The van der Waals surface area contributed by atoms with Gasteiger partial charge in [-0.25, -0.2) is 14.3 Å². The Morgan fingerprint density at radius 1 is 0.857 bits per heavy atom. The van der Waals surface area contributed by atoms with E-state index in [2.05, 4.69) is 20.4 Å². The number of nitrogens with zero attached hydrogens (tertiary/aromatic N) is 4. The van der Waals surface area contributed by atoms with Crippen LogP contribution in [0.3, 0.4) is 0 Å². The highest BCUT2D eigenvalue weighted by Gasteiger charge is 2.26. The minimum atomic E-state index is -0.578. The van der Waals surface area contributed by atoms with Crippen LogP contribution in [-0.2, 0) is 17.8 Å². The van der Waals surface area contributed by atoms with Crippen molar-refractivity contribution in [1.82, 2.24) is 25.3 Å². The molecule has 2 aliphatic heterocycles. The molecule has 214 valence electrons. The van der Waals surface area contributed by atoms with Crippen molar-refractivity contribution in [3.8, 4) is 0 Å². The zero-order chi connectivity index (χ0) is 29.2. The van der Waals surface area contributed by atoms with Gasteiger partial charge in [0, 0.05) is 63.2 Å². The van der Waals surface area contributed by atoms with Crippen LogP contribution in [0.4, 0.5) is 14.9 Å². The Balaban J connectivity index is 1.10. The number of hydrogen-bond donors (Lipinski definition) is 2. The molecule has 0 atom stereocenters. The predicted octanol–water partition coefficient (Wildman–Crippen LogP) is 3.06. The number of piperazine rings is 1. The molecule has 2 aliphatic rings. The minimum Gasteiger partial charge on any atom is -0.336 e. The van der Waals surface area contributed by atoms with E-state index in [1.165, 1.54) is 6.07 Å². The van der Waals surface area contributed by atoms with Gasteiger partial charge >= 0.3 is 6.03 Å². The molecule has 4 aromatic rings. The second-order valence-corrected chi connectivity index (χ2v) is 10.5. The maximum Gasteiger partial charge on any atom is 0.328 e. The van der Waals surface area contributed by atoms with E-state index < -0.39 is 11.8 Å². The number of carbonyl (C=O) groups is 3. The number of fused-ring (bicyclic) bond motifs is 1. The molecule has 10 nitrogen and oxygen atoms in total. The van der Waals surface area contributed by atoms with Gasteiger partial charge in [0.1, 0.15) is 5.82 Å². The van der Waals surface area contributed by atoms with E-state index in [-0.39, 0.29) is 29.4 Å². The molecule has 2 N–H and O–H groups in total. The second-order valence-electron chi connectivity index (χ2n) is 10.5. The highest BCUT2D eigenvalue weighted by atomic mass is 19.1. The van der Waals surface area contributed by atoms with E-state index in [9.17, 15) is 23.6 Å². The van der Waals surface area contributed by atoms with Crippen LogP contribution in [-0.4, -0.2) is 70.6 Å². The average Bonchev–Trinajstić information content (AvgIpc) is 3.00. The lowest BCUT2D eigenvalue weighted by Gasteiger charge is -2.35. The Kier molecular flexibility index (Phi) is 7.49. The maximum atomic E-state index is 14.9. The quantitative estimate of drug-likeness (QED) is 0.369. The van der Waals surface area contributed by atoms with Gasteiger partial charge in [-0.1, -0.05) is 36.4 Å². The van der Waals surface area contributed by atoms with Gasteiger partial charge in [-0.3, -0.25) is 29.5 Å². The van der Waals surface area contributed by atoms with E-state index in [4.69, 9.17) is 0 Å². The number of aromatic amines is 1. The molecule has 42 heavy (non-hydrogen) atoms. The summed E-state index contributed by atoms with van der Waals surface area (Å²) in [5.74, 6) is -1.21. The highest BCUT2D eigenvalue weighted by molar-refractivity contribution is 6.05. The van der Waals surface area contributed by atoms with Gasteiger partial charge in [0.2, 0.25) is 5.91 Å². The van der Waals surface area contributed by atoms with Crippen molar-refractivity contribution in [2.75, 3.05) is 37.6 Å². The van der Waals surface area contributed by atoms with Crippen LogP contribution in [0.2, 0.25) is 0 Å². The van der Waals surface area contributed by atoms with Crippen molar-refractivity contribution in [2.45, 2.75) is 19.4 Å². The predicted molar refractivity (Wildman–Crippen MR) is 155 cm³/mol. The van der Waals surface area contributed by atoms with Crippen molar-refractivity contribution in [3.63, 3.8) is 0 Å². The third-order valence-electron chi connectivity index (χ3n) is 7.75. The third kappa shape index (κ3) is 5.64. The third-order valence-corrected chi connectivity index (χ3v) is 7.75. The van der Waals surface area contributed by atoms with Gasteiger partial charge in [-0.2, -0.15) is 5.10 Å². The molecule has 2 saturated heterocycles. The number of carbonyl (C=O) groups excluding carboxylic acids is 3. The number of H-pyrrole nitrogens is 1. The normalized spacial score (nSPS) is 16.1. The van der Waals surface area contributed by atoms with E-state index in [0.717, 1.165) is 22.2 Å². The maximum absolute atomic E-state index is 14.9. The summed E-state index contributed by atoms with van der Waals surface area (Å²) in [4.78, 5) is 54.6. The van der Waals surface area contributed by atoms with Crippen molar-refractivity contribution < 1.29 is 18.8 Å². The van der Waals surface area contributed by atoms with Crippen LogP contribution in [0.5, 0.6) is 0 Å². The number of benzene rings is 3. The van der Waals surface area contributed by atoms with E-state index in [0.29, 0.717) is 56.8 Å². The number of urea groups is 1. The number of anilines is 1. The lowest BCUT2D eigenvalue weighted by Crippen LogP contribution is -2.49. The van der Waals surface area contributed by atoms with Crippen molar-refractivity contribution >= 4 is 34.3 Å². The molecule has 0 unspecified atom stereocenters. The Labute approximate surface area is 240 Å². The monoisotopic (exact) mass is 568 g/mol. The summed E-state index contributed by atoms with van der Waals surface area (Å²) in [5.41, 5.74) is 2.84. The Bertz CT molecular complexity index is 1750. The fourth-order valence-corrected chi connectivity index (χ4v) is 5.52. The first-order chi connectivity index (χ1) is 20.4. The molecule has 3 heterocycles. The molecule has 0 spiro atoms. The molecule has 2 fully saturated rings. The van der Waals surface area contributed by atoms with Crippen LogP contribution in [0.1, 0.15) is 33.6 Å². The zero-order valence-electron chi connectivity index (χ0n) is 22.8. The molecule has 4 amide bonds. The van der Waals surface area contributed by atoms with Crippen LogP contribution in [0.15, 0.2) is 71.5 Å². The number of amides is 4. The Morgan fingerprint density at radius 2 is 1.64 bits per heavy atom. The molecule has 0 radical (unpaired) electrons. The standard InChI is InChI=1S/C31H29FN6O4/c32-26-9-8-20(18-27-23-6-1-2-7-24(23)29(40)35-34-27)17-25(26)30(41)37-14-12-36(13-15-37)19-21-4-3-5-22(16-21)38-11-10-28(39)33-31(38)42/h1-9,16-17H,10-15,18-19H2,(H,35,40)(H,33,39,42). The summed E-state index contributed by atoms with van der Waals surface area (Å²) in [6, 6.07) is 18.9. The van der Waals surface area contributed by atoms with Gasteiger partial charge in [0.15, 0.2) is 0 Å². The van der Waals surface area contributed by atoms with Crippen LogP contribution < -0.4 is 15.8 Å². The smallest absolute Gasteiger partial charge is 0.328 e. The summed E-state index contributed by atoms with van der Waals surface area (Å²) in [6.45, 7) is 3.10. The fourth-order valence-electron chi connectivity index (χ4n) is 5.52. The summed E-state index contributed by atoms with van der Waals surface area (Å²) in [7, 11) is 0. The molecular weight excluding hydrogens is 539 g/mol. The van der Waals surface area contributed by atoms with E-state index >= 15 is 0 Å². The number of halogens is 1. The van der Waals surface area contributed by atoms with E-state index in [1.807, 2.05) is 36.4 Å². The van der Waals surface area contributed by atoms with Crippen molar-refractivity contribution in [3.05, 3.63) is 105 Å². The number of aromatic nitrogens is 2. The lowest BCUT2D eigenvalue weighted by molar-refractivity contribution is -0.120. The number of hydrogen-bond acceptors (Lipinski definition) is 6. The first-order valence-corrected chi connectivity index (χ1v) is 13.8. The van der Waals surface area contributed by atoms with Gasteiger partial charge in [0.05, 0.1) is 16.6 Å². The summed E-state index contributed by atoms with van der Waals surface area (Å²) in [5, 5.41) is 10.3. The fraction of sp³-hybridized carbons (Fsp3) is 0.258. The van der Waals surface area contributed by atoms with Crippen molar-refractivity contribution in [2.24, 2.45) is 0 Å². The molecule has 1 aromatic heterocycles. The van der Waals surface area contributed by atoms with Crippen LogP contribution in [0.25, 0.3) is 10.8 Å². The lowest BCUT2D eigenvalue weighted by atomic mass is 10.0. The van der Waals surface area contributed by atoms with Crippen LogP contribution >= 0.6 is 0 Å². The van der Waals surface area contributed by atoms with Crippen molar-refractivity contribution in [1.29, 1.82) is 0 Å². The van der Waals surface area contributed by atoms with Gasteiger partial charge in [0.25, 0.3) is 11.5 Å². The molecule has 0 aliphatic carbocycles. The molecule has 0 bridgehead atoms. The zero-order valence-corrected chi connectivity index (χ0v) is 22.8. The summed E-state index contributed by atoms with van der Waals surface area (Å²) >= 11 is 0. The molecule has 0 saturated carbocycles. The van der Waals surface area contributed by atoms with Gasteiger partial charge in [-0.15, -0.1) is 0 Å². The largest absolute Gasteiger partial charge is 0.336 e. The van der Waals surface area contributed by atoms with E-state index in [1.54, 1.807) is 34.1 Å².